The molecule has 4 aromatic rings. The lowest BCUT2D eigenvalue weighted by molar-refractivity contribution is -0.136. The molecule has 0 atom stereocenters. The van der Waals surface area contributed by atoms with E-state index in [1.165, 1.54) is 12.3 Å². The maximum Gasteiger partial charge on any atom is 0.418 e. The number of aromatic nitrogens is 1. The van der Waals surface area contributed by atoms with Crippen LogP contribution < -0.4 is 0 Å². The fourth-order valence-electron chi connectivity index (χ4n) is 3.76. The molecule has 0 aliphatic carbocycles. The Kier molecular flexibility index (Phi) is 5.63. The SMILES string of the molecule is Cc1cnc2c(C(F)(F)F)cccc2c1-c1cccc(-c2ccc(Br)c(S(C)(=O)=O)c2)c1. The number of aryl methyl sites for hydroxylation is 1. The molecule has 0 radical (unpaired) electrons. The number of hydrogen-bond acceptors (Lipinski definition) is 3. The third-order valence-corrected chi connectivity index (χ3v) is 7.30. The lowest BCUT2D eigenvalue weighted by Crippen LogP contribution is -2.07. The van der Waals surface area contributed by atoms with E-state index in [1.807, 2.05) is 18.2 Å². The molecule has 1 heterocycles. The van der Waals surface area contributed by atoms with Crippen molar-refractivity contribution in [3.8, 4) is 22.3 Å². The van der Waals surface area contributed by atoms with Crippen LogP contribution in [0.25, 0.3) is 33.2 Å². The number of nitrogens with zero attached hydrogens (tertiary/aromatic N) is 1. The summed E-state index contributed by atoms with van der Waals surface area (Å²) in [6.07, 6.45) is -1.93. The lowest BCUT2D eigenvalue weighted by atomic mass is 9.93. The molecule has 0 bridgehead atoms. The van der Waals surface area contributed by atoms with Gasteiger partial charge in [0.15, 0.2) is 9.84 Å². The Bertz CT molecular complexity index is 1460. The number of fused-ring (bicyclic) bond motifs is 1. The van der Waals surface area contributed by atoms with Gasteiger partial charge in [0.1, 0.15) is 0 Å². The summed E-state index contributed by atoms with van der Waals surface area (Å²) in [5.41, 5.74) is 2.66. The summed E-state index contributed by atoms with van der Waals surface area (Å²) in [5, 5.41) is 0.407. The Balaban J connectivity index is 1.93. The summed E-state index contributed by atoms with van der Waals surface area (Å²) < 4.78 is 65.2. The van der Waals surface area contributed by atoms with Crippen molar-refractivity contribution in [1.29, 1.82) is 0 Å². The second-order valence-electron chi connectivity index (χ2n) is 7.51. The van der Waals surface area contributed by atoms with Crippen LogP contribution in [-0.2, 0) is 16.0 Å². The van der Waals surface area contributed by atoms with Crippen LogP contribution in [0.1, 0.15) is 11.1 Å². The quantitative estimate of drug-likeness (QED) is 0.291. The van der Waals surface area contributed by atoms with Crippen molar-refractivity contribution >= 4 is 36.7 Å². The van der Waals surface area contributed by atoms with Crippen LogP contribution in [0, 0.1) is 6.92 Å². The van der Waals surface area contributed by atoms with Gasteiger partial charge in [-0.25, -0.2) is 8.42 Å². The zero-order chi connectivity index (χ0) is 23.3. The van der Waals surface area contributed by atoms with Gasteiger partial charge in [0.25, 0.3) is 0 Å². The second kappa shape index (κ2) is 8.01. The fraction of sp³-hybridized carbons (Fsp3) is 0.125. The highest BCUT2D eigenvalue weighted by Crippen LogP contribution is 2.39. The van der Waals surface area contributed by atoms with Crippen molar-refractivity contribution < 1.29 is 21.6 Å². The van der Waals surface area contributed by atoms with Gasteiger partial charge in [-0.2, -0.15) is 13.2 Å². The van der Waals surface area contributed by atoms with E-state index in [-0.39, 0.29) is 10.4 Å². The molecule has 32 heavy (non-hydrogen) atoms. The Labute approximate surface area is 192 Å². The number of pyridine rings is 1. The van der Waals surface area contributed by atoms with E-state index in [4.69, 9.17) is 0 Å². The first-order valence-corrected chi connectivity index (χ1v) is 12.2. The van der Waals surface area contributed by atoms with Crippen molar-refractivity contribution in [3.63, 3.8) is 0 Å². The Morgan fingerprint density at radius 3 is 2.25 bits per heavy atom. The smallest absolute Gasteiger partial charge is 0.255 e. The zero-order valence-corrected chi connectivity index (χ0v) is 19.4. The van der Waals surface area contributed by atoms with Gasteiger partial charge in [0.05, 0.1) is 16.0 Å². The van der Waals surface area contributed by atoms with E-state index in [2.05, 4.69) is 20.9 Å². The van der Waals surface area contributed by atoms with Crippen molar-refractivity contribution in [2.75, 3.05) is 6.26 Å². The van der Waals surface area contributed by atoms with Crippen LogP contribution in [0.5, 0.6) is 0 Å². The molecule has 8 heteroatoms. The third kappa shape index (κ3) is 4.17. The number of halogens is 4. The molecule has 0 spiro atoms. The number of rotatable bonds is 3. The van der Waals surface area contributed by atoms with Crippen LogP contribution in [-0.4, -0.2) is 19.7 Å². The zero-order valence-electron chi connectivity index (χ0n) is 17.0. The number of sulfone groups is 1. The predicted molar refractivity (Wildman–Crippen MR) is 123 cm³/mol. The minimum atomic E-state index is -4.51. The van der Waals surface area contributed by atoms with Gasteiger partial charge in [-0.15, -0.1) is 0 Å². The van der Waals surface area contributed by atoms with Crippen molar-refractivity contribution in [3.05, 3.63) is 82.5 Å². The minimum Gasteiger partial charge on any atom is -0.255 e. The fourth-order valence-corrected chi connectivity index (χ4v) is 5.65. The summed E-state index contributed by atoms with van der Waals surface area (Å²) in [6, 6.07) is 16.4. The van der Waals surface area contributed by atoms with Gasteiger partial charge in [-0.1, -0.05) is 36.4 Å². The monoisotopic (exact) mass is 519 g/mol. The van der Waals surface area contributed by atoms with Crippen LogP contribution >= 0.6 is 15.9 Å². The van der Waals surface area contributed by atoms with Crippen LogP contribution in [0.15, 0.2) is 76.2 Å². The first-order chi connectivity index (χ1) is 15.0. The van der Waals surface area contributed by atoms with Gasteiger partial charge >= 0.3 is 6.18 Å². The van der Waals surface area contributed by atoms with E-state index in [0.717, 1.165) is 29.0 Å². The van der Waals surface area contributed by atoms with Gasteiger partial charge in [-0.05, 0) is 74.9 Å². The summed E-state index contributed by atoms with van der Waals surface area (Å²) in [4.78, 5) is 4.24. The highest BCUT2D eigenvalue weighted by molar-refractivity contribution is 9.10. The van der Waals surface area contributed by atoms with E-state index in [9.17, 15) is 21.6 Å². The molecule has 164 valence electrons. The molecule has 0 aliphatic rings. The Hall–Kier alpha value is -2.71. The first-order valence-electron chi connectivity index (χ1n) is 9.53. The van der Waals surface area contributed by atoms with Gasteiger partial charge < -0.3 is 0 Å². The number of hydrogen-bond donors (Lipinski definition) is 0. The second-order valence-corrected chi connectivity index (χ2v) is 10.4. The van der Waals surface area contributed by atoms with Crippen molar-refractivity contribution in [1.82, 2.24) is 4.98 Å². The molecular weight excluding hydrogens is 503 g/mol. The summed E-state index contributed by atoms with van der Waals surface area (Å²) in [7, 11) is -3.44. The first kappa shape index (κ1) is 22.5. The topological polar surface area (TPSA) is 47.0 Å². The van der Waals surface area contributed by atoms with Crippen LogP contribution in [0.4, 0.5) is 13.2 Å². The molecule has 0 saturated carbocycles. The van der Waals surface area contributed by atoms with Gasteiger partial charge in [0.2, 0.25) is 0 Å². The maximum absolute atomic E-state index is 13.5. The normalized spacial score (nSPS) is 12.3. The van der Waals surface area contributed by atoms with E-state index in [0.29, 0.717) is 21.0 Å². The largest absolute Gasteiger partial charge is 0.418 e. The molecule has 4 rings (SSSR count). The van der Waals surface area contributed by atoms with Crippen molar-refractivity contribution in [2.45, 2.75) is 18.0 Å². The van der Waals surface area contributed by atoms with Gasteiger partial charge in [0, 0.05) is 22.3 Å². The molecule has 0 fully saturated rings. The Morgan fingerprint density at radius 1 is 0.906 bits per heavy atom. The summed E-state index contributed by atoms with van der Waals surface area (Å²) in [6.45, 7) is 1.80. The molecule has 0 saturated heterocycles. The minimum absolute atomic E-state index is 0.103. The third-order valence-electron chi connectivity index (χ3n) is 5.21. The molecule has 0 amide bonds. The highest BCUT2D eigenvalue weighted by atomic mass is 79.9. The van der Waals surface area contributed by atoms with Crippen molar-refractivity contribution in [2.24, 2.45) is 0 Å². The molecule has 3 aromatic carbocycles. The maximum atomic E-state index is 13.5. The van der Waals surface area contributed by atoms with E-state index in [1.54, 1.807) is 37.3 Å². The number of benzene rings is 3. The van der Waals surface area contributed by atoms with Gasteiger partial charge in [-0.3, -0.25) is 4.98 Å². The molecular formula is C24H17BrF3NO2S. The van der Waals surface area contributed by atoms with Crippen LogP contribution in [0.2, 0.25) is 0 Å². The van der Waals surface area contributed by atoms with E-state index >= 15 is 0 Å². The number of alkyl halides is 3. The highest BCUT2D eigenvalue weighted by Gasteiger charge is 2.33. The van der Waals surface area contributed by atoms with E-state index < -0.39 is 21.6 Å². The molecule has 0 aliphatic heterocycles. The molecule has 3 nitrogen and oxygen atoms in total. The predicted octanol–water partition coefficient (Wildman–Crippen LogP) is 7.06. The number of para-hydroxylation sites is 1. The molecule has 0 unspecified atom stereocenters. The Morgan fingerprint density at radius 2 is 1.56 bits per heavy atom. The standard InChI is InChI=1S/C24H17BrF3NO2S/c1-14-13-29-23-18(7-4-8-19(23)24(26,27)28)22(14)17-6-3-5-15(11-17)16-9-10-20(25)21(12-16)32(2,30)31/h3-13H,1-2H3. The molecule has 1 aromatic heterocycles. The molecule has 0 N–H and O–H groups in total. The lowest BCUT2D eigenvalue weighted by Gasteiger charge is -2.15. The summed E-state index contributed by atoms with van der Waals surface area (Å²) >= 11 is 3.27. The average molecular weight is 520 g/mol. The van der Waals surface area contributed by atoms with Crippen LogP contribution in [0.3, 0.4) is 0 Å². The average Bonchev–Trinajstić information content (AvgIpc) is 2.72. The summed E-state index contributed by atoms with van der Waals surface area (Å²) in [5.74, 6) is 0.